The molecule has 0 aliphatic carbocycles. The minimum atomic E-state index is 0.580. The maximum atomic E-state index is 6.06. The van der Waals surface area contributed by atoms with Crippen molar-refractivity contribution in [1.82, 2.24) is 4.98 Å². The van der Waals surface area contributed by atoms with Gasteiger partial charge in [-0.15, -0.1) is 11.3 Å². The van der Waals surface area contributed by atoms with Crippen molar-refractivity contribution < 1.29 is 0 Å². The molecular formula is C10H10ClN3S. The van der Waals surface area contributed by atoms with E-state index >= 15 is 0 Å². The molecule has 1 aromatic carbocycles. The Morgan fingerprint density at radius 1 is 1.33 bits per heavy atom. The van der Waals surface area contributed by atoms with Crippen LogP contribution in [0.1, 0.15) is 10.4 Å². The summed E-state index contributed by atoms with van der Waals surface area (Å²) >= 11 is 7.53. The van der Waals surface area contributed by atoms with Gasteiger partial charge < -0.3 is 11.5 Å². The molecule has 0 unspecified atom stereocenters. The molecule has 5 heteroatoms. The zero-order valence-electron chi connectivity index (χ0n) is 7.90. The molecule has 0 saturated heterocycles. The third-order valence-corrected chi connectivity index (χ3v) is 3.19. The van der Waals surface area contributed by atoms with Crippen LogP contribution in [0.25, 0.3) is 0 Å². The lowest BCUT2D eigenvalue weighted by atomic mass is 10.1. The molecule has 0 amide bonds. The number of aromatic nitrogens is 1. The Bertz CT molecular complexity index is 481. The van der Waals surface area contributed by atoms with Crippen LogP contribution in [0.5, 0.6) is 0 Å². The van der Waals surface area contributed by atoms with Crippen molar-refractivity contribution in [3.05, 3.63) is 39.9 Å². The second-order valence-corrected chi connectivity index (χ2v) is 4.75. The third-order valence-electron chi connectivity index (χ3n) is 2.01. The van der Waals surface area contributed by atoms with E-state index in [9.17, 15) is 0 Å². The first-order chi connectivity index (χ1) is 7.15. The molecular weight excluding hydrogens is 230 g/mol. The van der Waals surface area contributed by atoms with Gasteiger partial charge in [-0.25, -0.2) is 4.98 Å². The molecule has 15 heavy (non-hydrogen) atoms. The largest absolute Gasteiger partial charge is 0.399 e. The minimum absolute atomic E-state index is 0.580. The molecule has 0 bridgehead atoms. The third kappa shape index (κ3) is 2.40. The summed E-state index contributed by atoms with van der Waals surface area (Å²) in [6, 6.07) is 5.51. The summed E-state index contributed by atoms with van der Waals surface area (Å²) in [4.78, 5) is 5.08. The molecule has 2 rings (SSSR count). The Morgan fingerprint density at radius 2 is 2.13 bits per heavy atom. The van der Waals surface area contributed by atoms with Gasteiger partial charge in [-0.05, 0) is 17.7 Å². The molecule has 0 fully saturated rings. The standard InChI is InChI=1S/C10H10ClN3S/c11-9-4-7(12)2-1-6(9)3-8-5-14-10(13)15-8/h1-2,4-5H,3,12H2,(H2,13,14). The van der Waals surface area contributed by atoms with E-state index in [-0.39, 0.29) is 0 Å². The number of nitrogens with zero attached hydrogens (tertiary/aromatic N) is 1. The fraction of sp³-hybridized carbons (Fsp3) is 0.100. The Hall–Kier alpha value is -1.26. The van der Waals surface area contributed by atoms with Crippen molar-refractivity contribution in [2.45, 2.75) is 6.42 Å². The van der Waals surface area contributed by atoms with Gasteiger partial charge in [0.2, 0.25) is 0 Å². The average molecular weight is 240 g/mol. The van der Waals surface area contributed by atoms with E-state index in [2.05, 4.69) is 4.98 Å². The summed E-state index contributed by atoms with van der Waals surface area (Å²) < 4.78 is 0. The molecule has 0 aliphatic heterocycles. The molecule has 0 radical (unpaired) electrons. The summed E-state index contributed by atoms with van der Waals surface area (Å²) in [6.07, 6.45) is 2.51. The van der Waals surface area contributed by atoms with Crippen molar-refractivity contribution in [1.29, 1.82) is 0 Å². The molecule has 1 heterocycles. The van der Waals surface area contributed by atoms with Crippen LogP contribution in [0.3, 0.4) is 0 Å². The van der Waals surface area contributed by atoms with Crippen molar-refractivity contribution in [2.24, 2.45) is 0 Å². The number of hydrogen-bond donors (Lipinski definition) is 2. The highest BCUT2D eigenvalue weighted by atomic mass is 35.5. The van der Waals surface area contributed by atoms with Crippen molar-refractivity contribution in [3.63, 3.8) is 0 Å². The van der Waals surface area contributed by atoms with Crippen LogP contribution < -0.4 is 11.5 Å². The predicted molar refractivity (Wildman–Crippen MR) is 65.2 cm³/mol. The van der Waals surface area contributed by atoms with Crippen molar-refractivity contribution >= 4 is 33.8 Å². The van der Waals surface area contributed by atoms with E-state index in [4.69, 9.17) is 23.1 Å². The van der Waals surface area contributed by atoms with E-state index in [1.54, 1.807) is 12.3 Å². The molecule has 4 N–H and O–H groups in total. The average Bonchev–Trinajstić information content (AvgIpc) is 2.56. The topological polar surface area (TPSA) is 64.9 Å². The lowest BCUT2D eigenvalue weighted by molar-refractivity contribution is 1.22. The van der Waals surface area contributed by atoms with Gasteiger partial charge in [0.05, 0.1) is 0 Å². The van der Waals surface area contributed by atoms with Gasteiger partial charge in [0.25, 0.3) is 0 Å². The van der Waals surface area contributed by atoms with E-state index in [1.807, 2.05) is 12.1 Å². The molecule has 78 valence electrons. The van der Waals surface area contributed by atoms with Gasteiger partial charge in [-0.1, -0.05) is 17.7 Å². The quantitative estimate of drug-likeness (QED) is 0.792. The van der Waals surface area contributed by atoms with Crippen molar-refractivity contribution in [3.8, 4) is 0 Å². The fourth-order valence-electron chi connectivity index (χ4n) is 1.30. The summed E-state index contributed by atoms with van der Waals surface area (Å²) in [7, 11) is 0. The maximum absolute atomic E-state index is 6.06. The van der Waals surface area contributed by atoms with Gasteiger partial charge in [0.15, 0.2) is 5.13 Å². The van der Waals surface area contributed by atoms with E-state index in [1.165, 1.54) is 11.3 Å². The predicted octanol–water partition coefficient (Wildman–Crippen LogP) is 2.55. The first kappa shape index (κ1) is 10.3. The summed E-state index contributed by atoms with van der Waals surface area (Å²) in [5.41, 5.74) is 12.9. The zero-order valence-corrected chi connectivity index (χ0v) is 9.48. The SMILES string of the molecule is Nc1ccc(Cc2cnc(N)s2)c(Cl)c1. The maximum Gasteiger partial charge on any atom is 0.180 e. The number of nitrogen functional groups attached to an aromatic ring is 2. The fourth-order valence-corrected chi connectivity index (χ4v) is 2.26. The van der Waals surface area contributed by atoms with Crippen LogP contribution in [0.4, 0.5) is 10.8 Å². The molecule has 0 aliphatic rings. The molecule has 0 saturated carbocycles. The normalized spacial score (nSPS) is 10.5. The Balaban J connectivity index is 2.24. The highest BCUT2D eigenvalue weighted by molar-refractivity contribution is 7.15. The lowest BCUT2D eigenvalue weighted by Crippen LogP contribution is -1.89. The number of anilines is 2. The Kier molecular flexibility index (Phi) is 2.79. The van der Waals surface area contributed by atoms with Gasteiger partial charge in [-0.2, -0.15) is 0 Å². The highest BCUT2D eigenvalue weighted by Crippen LogP contribution is 2.24. The van der Waals surface area contributed by atoms with Crippen molar-refractivity contribution in [2.75, 3.05) is 11.5 Å². The van der Waals surface area contributed by atoms with Crippen LogP contribution in [0, 0.1) is 0 Å². The number of thiazole rings is 1. The highest BCUT2D eigenvalue weighted by Gasteiger charge is 2.04. The number of benzene rings is 1. The first-order valence-corrected chi connectivity index (χ1v) is 5.58. The summed E-state index contributed by atoms with van der Waals surface area (Å²) in [6.45, 7) is 0. The van der Waals surface area contributed by atoms with E-state index in [0.29, 0.717) is 15.8 Å². The van der Waals surface area contributed by atoms with Crippen LogP contribution >= 0.6 is 22.9 Å². The number of rotatable bonds is 2. The Morgan fingerprint density at radius 3 is 2.73 bits per heavy atom. The molecule has 3 nitrogen and oxygen atoms in total. The van der Waals surface area contributed by atoms with E-state index < -0.39 is 0 Å². The van der Waals surface area contributed by atoms with Gasteiger partial charge in [0, 0.05) is 28.2 Å². The molecule has 1 aromatic heterocycles. The second kappa shape index (κ2) is 4.08. The molecule has 0 spiro atoms. The van der Waals surface area contributed by atoms with Crippen LogP contribution in [0.15, 0.2) is 24.4 Å². The smallest absolute Gasteiger partial charge is 0.180 e. The van der Waals surface area contributed by atoms with Gasteiger partial charge >= 0.3 is 0 Å². The Labute approximate surface area is 96.7 Å². The number of halogens is 1. The first-order valence-electron chi connectivity index (χ1n) is 4.39. The summed E-state index contributed by atoms with van der Waals surface area (Å²) in [5, 5.41) is 1.26. The van der Waals surface area contributed by atoms with Gasteiger partial charge in [0.1, 0.15) is 0 Å². The number of nitrogens with two attached hydrogens (primary N) is 2. The lowest BCUT2D eigenvalue weighted by Gasteiger charge is -2.02. The summed E-state index contributed by atoms with van der Waals surface area (Å²) in [5.74, 6) is 0. The van der Waals surface area contributed by atoms with Crippen LogP contribution in [-0.4, -0.2) is 4.98 Å². The molecule has 2 aromatic rings. The minimum Gasteiger partial charge on any atom is -0.399 e. The number of hydrogen-bond acceptors (Lipinski definition) is 4. The van der Waals surface area contributed by atoms with Crippen LogP contribution in [0.2, 0.25) is 5.02 Å². The zero-order chi connectivity index (χ0) is 10.8. The van der Waals surface area contributed by atoms with Crippen LogP contribution in [-0.2, 0) is 6.42 Å². The molecule has 0 atom stereocenters. The second-order valence-electron chi connectivity index (χ2n) is 3.19. The monoisotopic (exact) mass is 239 g/mol. The van der Waals surface area contributed by atoms with Gasteiger partial charge in [-0.3, -0.25) is 0 Å². The van der Waals surface area contributed by atoms with E-state index in [0.717, 1.165) is 16.9 Å².